The molecule has 0 bridgehead atoms. The number of hydrogen-bond acceptors (Lipinski definition) is 2. The molecule has 4 heavy (non-hydrogen) atoms. The van der Waals surface area contributed by atoms with Crippen molar-refractivity contribution in [2.45, 2.75) is 0 Å². The fraction of sp³-hybridized carbons (Fsp3) is 0. The van der Waals surface area contributed by atoms with E-state index >= 15 is 0 Å². The first-order valence-corrected chi connectivity index (χ1v) is 1.80. The third-order valence-corrected chi connectivity index (χ3v) is 0. The average Bonchev–Trinajstić information content (AvgIpc) is 1.00. The van der Waals surface area contributed by atoms with Crippen molar-refractivity contribution in [3.05, 3.63) is 0 Å². The van der Waals surface area contributed by atoms with E-state index in [-0.39, 0.29) is 40.6 Å². The fourth-order valence-electron chi connectivity index (χ4n) is 0. The van der Waals surface area contributed by atoms with Crippen LogP contribution in [0.5, 0.6) is 0 Å². The van der Waals surface area contributed by atoms with E-state index in [2.05, 4.69) is 23.3 Å². The summed E-state index contributed by atoms with van der Waals surface area (Å²) in [4.78, 5) is 0. The summed E-state index contributed by atoms with van der Waals surface area (Å²) in [6.45, 7) is 0. The van der Waals surface area contributed by atoms with Gasteiger partial charge in [0.15, 0.2) is 0 Å². The Bertz CT molecular complexity index is 9.51. The molecule has 0 aromatic heterocycles. The molecule has 0 unspecified atom stereocenters. The maximum atomic E-state index is 3.22. The van der Waals surface area contributed by atoms with Gasteiger partial charge >= 0.3 is 37.7 Å². The quantitative estimate of drug-likeness (QED) is 0.163. The molecule has 0 aliphatic rings. The summed E-state index contributed by atoms with van der Waals surface area (Å²) in [5.41, 5.74) is 0. The van der Waals surface area contributed by atoms with Crippen LogP contribution in [0.15, 0.2) is 0 Å². The van der Waals surface area contributed by atoms with Gasteiger partial charge < -0.3 is 2.85 Å². The van der Waals surface area contributed by atoms with Gasteiger partial charge in [0.05, 0.1) is 0 Å². The smallest absolute Gasteiger partial charge is 1.00 e. The Kier molecular flexibility index (Phi) is 87.1. The van der Waals surface area contributed by atoms with Gasteiger partial charge in [0.2, 0.25) is 0 Å². The predicted molar refractivity (Wildman–Crippen MR) is 20.2 cm³/mol. The third-order valence-electron chi connectivity index (χ3n) is 0. The maximum Gasteiger partial charge on any atom is 1.00 e. The molecule has 0 radical (unpaired) electrons. The minimum absolute atomic E-state index is 0. The normalized spacial score (nSPS) is 1.50. The molecule has 0 saturated heterocycles. The summed E-state index contributed by atoms with van der Waals surface area (Å²) in [5.74, 6) is 0. The van der Waals surface area contributed by atoms with Gasteiger partial charge in [-0.05, 0) is 0 Å². The van der Waals surface area contributed by atoms with Crippen molar-refractivity contribution in [2.24, 2.45) is 0 Å². The van der Waals surface area contributed by atoms with Crippen molar-refractivity contribution >= 4 is 23.3 Å². The van der Waals surface area contributed by atoms with E-state index in [4.69, 9.17) is 0 Å². The summed E-state index contributed by atoms with van der Waals surface area (Å²) in [5, 5.41) is 0. The van der Waals surface area contributed by atoms with Crippen molar-refractivity contribution in [3.8, 4) is 0 Å². The largest absolute Gasteiger partial charge is 1.00 e. The molecule has 0 aliphatic heterocycles. The second kappa shape index (κ2) is 20.7. The van der Waals surface area contributed by atoms with Gasteiger partial charge in [-0.15, -0.1) is 23.3 Å². The van der Waals surface area contributed by atoms with Crippen LogP contribution < -0.4 is 37.7 Å². The summed E-state index contributed by atoms with van der Waals surface area (Å²) in [7, 11) is 0. The van der Waals surface area contributed by atoms with Crippen molar-refractivity contribution in [1.82, 2.24) is 0 Å². The average molecular weight is 82.0 g/mol. The van der Waals surface area contributed by atoms with Crippen molar-refractivity contribution < 1.29 is 40.6 Å². The minimum Gasteiger partial charge on any atom is -1.00 e. The van der Waals surface area contributed by atoms with E-state index in [9.17, 15) is 0 Å². The van der Waals surface area contributed by atoms with Crippen LogP contribution in [-0.4, -0.2) is 0 Å². The Labute approximate surface area is 63.6 Å². The van der Waals surface area contributed by atoms with Gasteiger partial charge in [-0.1, -0.05) is 0 Å². The first kappa shape index (κ1) is 16.9. The number of hydrogen-bond donors (Lipinski definition) is 2. The molecule has 0 spiro atoms. The molecule has 18 valence electrons. The zero-order chi connectivity index (χ0) is 2.00. The van der Waals surface area contributed by atoms with Crippen LogP contribution in [-0.2, 0) is 0 Å². The molecule has 0 saturated carbocycles. The molecule has 0 nitrogen and oxygen atoms in total. The maximum absolute atomic E-state index is 3.22. The Hall–Kier alpha value is 1.89. The Morgan fingerprint density at radius 3 is 1.00 bits per heavy atom. The molecule has 0 heterocycles. The van der Waals surface area contributed by atoms with Gasteiger partial charge in [-0.3, -0.25) is 0 Å². The van der Waals surface area contributed by atoms with E-state index < -0.39 is 0 Å². The second-order valence-electron chi connectivity index (χ2n) is 0. The van der Waals surface area contributed by atoms with Crippen LogP contribution in [0.4, 0.5) is 0 Å². The first-order chi connectivity index (χ1) is 1.00. The van der Waals surface area contributed by atoms with E-state index in [0.29, 0.717) is 0 Å². The molecule has 0 aromatic carbocycles. The standard InChI is InChI=1S/2Li.H2S2.2H/c;;1-2;;/h;;1-2H;;/q2*+1;;2*-1. The van der Waals surface area contributed by atoms with Gasteiger partial charge in [-0.25, -0.2) is 0 Å². The minimum atomic E-state index is 0. The predicted octanol–water partition coefficient (Wildman–Crippen LogP) is -5.01. The molecular weight excluding hydrogens is 78.0 g/mol. The molecule has 0 amide bonds. The molecule has 0 rings (SSSR count). The second-order valence-corrected chi connectivity index (χ2v) is 0. The van der Waals surface area contributed by atoms with E-state index in [1.165, 1.54) is 0 Å². The zero-order valence-electron chi connectivity index (χ0n) is 4.89. The molecular formula is H4Li2S2. The molecule has 0 atom stereocenters. The topological polar surface area (TPSA) is 0 Å². The van der Waals surface area contributed by atoms with Crippen LogP contribution >= 0.6 is 23.3 Å². The SMILES string of the molecule is SS.[H-].[H-].[Li+].[Li+]. The molecule has 0 fully saturated rings. The summed E-state index contributed by atoms with van der Waals surface area (Å²) in [6, 6.07) is 0. The number of rotatable bonds is 0. The van der Waals surface area contributed by atoms with Crippen LogP contribution in [0.1, 0.15) is 2.85 Å². The van der Waals surface area contributed by atoms with Crippen LogP contribution in [0.3, 0.4) is 0 Å². The summed E-state index contributed by atoms with van der Waals surface area (Å²) < 4.78 is 0. The van der Waals surface area contributed by atoms with Gasteiger partial charge in [-0.2, -0.15) is 0 Å². The zero-order valence-corrected chi connectivity index (χ0v) is 4.68. The molecule has 4 heteroatoms. The molecule has 0 N–H and O–H groups in total. The molecule has 0 aliphatic carbocycles. The summed E-state index contributed by atoms with van der Waals surface area (Å²) in [6.07, 6.45) is 0. The third kappa shape index (κ3) is 9.09. The first-order valence-electron chi connectivity index (χ1n) is 0.200. The van der Waals surface area contributed by atoms with Gasteiger partial charge in [0.25, 0.3) is 0 Å². The van der Waals surface area contributed by atoms with Crippen LogP contribution in [0, 0.1) is 0 Å². The van der Waals surface area contributed by atoms with Gasteiger partial charge in [0.1, 0.15) is 0 Å². The fourth-order valence-corrected chi connectivity index (χ4v) is 0. The molecule has 0 aromatic rings. The van der Waals surface area contributed by atoms with E-state index in [1.807, 2.05) is 0 Å². The summed E-state index contributed by atoms with van der Waals surface area (Å²) >= 11 is 6.44. The monoisotopic (exact) mass is 82.0 g/mol. The van der Waals surface area contributed by atoms with E-state index in [1.54, 1.807) is 0 Å². The van der Waals surface area contributed by atoms with Crippen LogP contribution in [0.25, 0.3) is 0 Å². The Balaban J connectivity index is -0.000000000833. The number of thiol groups is 2. The van der Waals surface area contributed by atoms with Crippen molar-refractivity contribution in [1.29, 1.82) is 0 Å². The van der Waals surface area contributed by atoms with Crippen molar-refractivity contribution in [3.63, 3.8) is 0 Å². The van der Waals surface area contributed by atoms with Crippen LogP contribution in [0.2, 0.25) is 0 Å². The van der Waals surface area contributed by atoms with Gasteiger partial charge in [0, 0.05) is 0 Å². The Morgan fingerprint density at radius 1 is 1.00 bits per heavy atom. The Morgan fingerprint density at radius 2 is 1.00 bits per heavy atom. The van der Waals surface area contributed by atoms with Crippen molar-refractivity contribution in [2.75, 3.05) is 0 Å². The van der Waals surface area contributed by atoms with E-state index in [0.717, 1.165) is 0 Å².